The van der Waals surface area contributed by atoms with Crippen molar-refractivity contribution in [2.24, 2.45) is 98.6 Å². The first-order valence-corrected chi connectivity index (χ1v) is 19.2. The van der Waals surface area contributed by atoms with E-state index in [0.29, 0.717) is 21.7 Å². The molecule has 0 heteroatoms. The van der Waals surface area contributed by atoms with E-state index in [1.807, 2.05) is 0 Å². The first kappa shape index (κ1) is 29.7. The standard InChI is InChI=1S/C41H70/c1-38(2,3)27-16-17-32-35(22-27)41(23-28(39(4,5)6)21-29(24-41)40(7,8)9)34-19-18-31-33(37(32)34)20-26-15-14-25-12-10-11-13-30(25)36(26)31/h25-37H,10-24H2,1-9H3. The molecule has 13 unspecified atom stereocenters. The predicted octanol–water partition coefficient (Wildman–Crippen LogP) is 12.1. The second-order valence-electron chi connectivity index (χ2n) is 21.1. The maximum atomic E-state index is 2.61. The molecule has 0 heterocycles. The third kappa shape index (κ3) is 4.77. The predicted molar refractivity (Wildman–Crippen MR) is 175 cm³/mol. The Morgan fingerprint density at radius 3 is 1.68 bits per heavy atom. The lowest BCUT2D eigenvalue weighted by Gasteiger charge is -2.57. The molecule has 13 atom stereocenters. The van der Waals surface area contributed by atoms with E-state index < -0.39 is 0 Å². The topological polar surface area (TPSA) is 0 Å². The summed E-state index contributed by atoms with van der Waals surface area (Å²) in [6, 6.07) is 0. The number of fused-ring (bicyclic) bond motifs is 11. The molecule has 234 valence electrons. The van der Waals surface area contributed by atoms with E-state index in [1.165, 1.54) is 12.8 Å². The summed E-state index contributed by atoms with van der Waals surface area (Å²) < 4.78 is 0. The highest BCUT2D eigenvalue weighted by molar-refractivity contribution is 5.17. The molecule has 0 bridgehead atoms. The van der Waals surface area contributed by atoms with Gasteiger partial charge in [0.25, 0.3) is 0 Å². The van der Waals surface area contributed by atoms with Crippen LogP contribution in [0.1, 0.15) is 159 Å². The smallest absolute Gasteiger partial charge is 0.0230 e. The average Bonchev–Trinajstić information content (AvgIpc) is 3.41. The fourth-order valence-electron chi connectivity index (χ4n) is 14.6. The van der Waals surface area contributed by atoms with Crippen LogP contribution in [-0.4, -0.2) is 0 Å². The lowest BCUT2D eigenvalue weighted by molar-refractivity contribution is -0.0799. The zero-order chi connectivity index (χ0) is 29.1. The van der Waals surface area contributed by atoms with Crippen molar-refractivity contribution in [2.75, 3.05) is 0 Å². The summed E-state index contributed by atoms with van der Waals surface area (Å²) >= 11 is 0. The molecule has 7 aliphatic carbocycles. The molecule has 0 amide bonds. The molecule has 0 aliphatic heterocycles. The van der Waals surface area contributed by atoms with E-state index in [1.54, 1.807) is 83.5 Å². The Kier molecular flexibility index (Phi) is 7.24. The fourth-order valence-corrected chi connectivity index (χ4v) is 14.6. The largest absolute Gasteiger partial charge is 0.0599 e. The molecule has 0 aromatic heterocycles. The van der Waals surface area contributed by atoms with Crippen molar-refractivity contribution in [3.05, 3.63) is 0 Å². The first-order valence-electron chi connectivity index (χ1n) is 19.2. The second-order valence-corrected chi connectivity index (χ2v) is 21.1. The van der Waals surface area contributed by atoms with Gasteiger partial charge < -0.3 is 0 Å². The van der Waals surface area contributed by atoms with Crippen molar-refractivity contribution < 1.29 is 0 Å². The highest BCUT2D eigenvalue weighted by atomic mass is 14.7. The quantitative estimate of drug-likeness (QED) is 0.275. The van der Waals surface area contributed by atoms with Crippen LogP contribution in [0.15, 0.2) is 0 Å². The Bertz CT molecular complexity index is 928. The van der Waals surface area contributed by atoms with E-state index in [9.17, 15) is 0 Å². The van der Waals surface area contributed by atoms with Gasteiger partial charge in [0.15, 0.2) is 0 Å². The molecular formula is C41H70. The SMILES string of the molecule is CC(C)(C)C1CCC2C3C4CC5CCC6CCCCC6C5C4CCC3C3(CC(C(C)(C)C)CC(C(C)(C)C)C3)C2C1. The lowest BCUT2D eigenvalue weighted by atomic mass is 9.48. The maximum absolute atomic E-state index is 2.61. The molecule has 0 N–H and O–H groups in total. The Hall–Kier alpha value is 0. The molecule has 7 aliphatic rings. The van der Waals surface area contributed by atoms with Crippen molar-refractivity contribution in [3.63, 3.8) is 0 Å². The van der Waals surface area contributed by atoms with Gasteiger partial charge in [-0.3, -0.25) is 0 Å². The minimum absolute atomic E-state index is 0.443. The molecule has 7 rings (SSSR count). The molecule has 41 heavy (non-hydrogen) atoms. The van der Waals surface area contributed by atoms with Crippen LogP contribution in [0.5, 0.6) is 0 Å². The van der Waals surface area contributed by atoms with Gasteiger partial charge in [-0.15, -0.1) is 0 Å². The Labute approximate surface area is 256 Å². The zero-order valence-corrected chi connectivity index (χ0v) is 29.1. The van der Waals surface area contributed by atoms with Gasteiger partial charge in [-0.1, -0.05) is 81.6 Å². The van der Waals surface area contributed by atoms with Crippen molar-refractivity contribution in [2.45, 2.75) is 159 Å². The van der Waals surface area contributed by atoms with Gasteiger partial charge in [0, 0.05) is 0 Å². The second kappa shape index (κ2) is 10.0. The summed E-state index contributed by atoms with van der Waals surface area (Å²) in [5, 5.41) is 0. The van der Waals surface area contributed by atoms with Crippen molar-refractivity contribution in [1.82, 2.24) is 0 Å². The molecule has 0 radical (unpaired) electrons. The summed E-state index contributed by atoms with van der Waals surface area (Å²) in [6.45, 7) is 23.4. The fraction of sp³-hybridized carbons (Fsp3) is 1.00. The Balaban J connectivity index is 1.28. The third-order valence-electron chi connectivity index (χ3n) is 16.7. The molecule has 0 aromatic carbocycles. The van der Waals surface area contributed by atoms with Crippen LogP contribution >= 0.6 is 0 Å². The molecule has 0 aromatic rings. The van der Waals surface area contributed by atoms with Gasteiger partial charge in [0.05, 0.1) is 0 Å². The van der Waals surface area contributed by atoms with E-state index in [-0.39, 0.29) is 0 Å². The maximum Gasteiger partial charge on any atom is -0.0230 e. The van der Waals surface area contributed by atoms with Gasteiger partial charge >= 0.3 is 0 Å². The molecular weight excluding hydrogens is 492 g/mol. The zero-order valence-electron chi connectivity index (χ0n) is 29.1. The van der Waals surface area contributed by atoms with Crippen molar-refractivity contribution in [1.29, 1.82) is 0 Å². The molecule has 7 fully saturated rings. The molecule has 1 spiro atoms. The monoisotopic (exact) mass is 563 g/mol. The summed E-state index contributed by atoms with van der Waals surface area (Å²) in [5.41, 5.74) is 2.00. The van der Waals surface area contributed by atoms with Crippen LogP contribution in [-0.2, 0) is 0 Å². The third-order valence-corrected chi connectivity index (χ3v) is 16.7. The minimum atomic E-state index is 0.443. The van der Waals surface area contributed by atoms with Gasteiger partial charge in [0.1, 0.15) is 0 Å². The lowest BCUT2D eigenvalue weighted by Crippen LogP contribution is -2.49. The van der Waals surface area contributed by atoms with Crippen LogP contribution in [0.4, 0.5) is 0 Å². The van der Waals surface area contributed by atoms with Crippen LogP contribution in [0.2, 0.25) is 0 Å². The van der Waals surface area contributed by atoms with Crippen LogP contribution in [0.25, 0.3) is 0 Å². The van der Waals surface area contributed by atoms with Crippen LogP contribution in [0, 0.1) is 98.6 Å². The van der Waals surface area contributed by atoms with E-state index >= 15 is 0 Å². The van der Waals surface area contributed by atoms with E-state index in [4.69, 9.17) is 0 Å². The van der Waals surface area contributed by atoms with E-state index in [0.717, 1.165) is 76.9 Å². The minimum Gasteiger partial charge on any atom is -0.0599 e. The first-order chi connectivity index (χ1) is 19.2. The molecule has 7 saturated carbocycles. The number of hydrogen-bond acceptors (Lipinski definition) is 0. The highest BCUT2D eigenvalue weighted by Crippen LogP contribution is 2.75. The van der Waals surface area contributed by atoms with Crippen molar-refractivity contribution >= 4 is 0 Å². The van der Waals surface area contributed by atoms with Crippen molar-refractivity contribution in [3.8, 4) is 0 Å². The van der Waals surface area contributed by atoms with Gasteiger partial charge in [0.2, 0.25) is 0 Å². The van der Waals surface area contributed by atoms with E-state index in [2.05, 4.69) is 62.3 Å². The average molecular weight is 563 g/mol. The summed E-state index contributed by atoms with van der Waals surface area (Å²) in [7, 11) is 0. The van der Waals surface area contributed by atoms with Crippen LogP contribution < -0.4 is 0 Å². The van der Waals surface area contributed by atoms with Crippen LogP contribution in [0.3, 0.4) is 0 Å². The summed E-state index contributed by atoms with van der Waals surface area (Å²) in [6.07, 6.45) is 23.7. The number of hydrogen-bond donors (Lipinski definition) is 0. The normalized spacial score (nSPS) is 51.9. The Morgan fingerprint density at radius 2 is 1.02 bits per heavy atom. The van der Waals surface area contributed by atoms with Gasteiger partial charge in [-0.2, -0.15) is 0 Å². The number of rotatable bonds is 0. The molecule has 0 saturated heterocycles. The summed E-state index contributed by atoms with van der Waals surface area (Å²) in [4.78, 5) is 0. The summed E-state index contributed by atoms with van der Waals surface area (Å²) in [5.74, 6) is 13.7. The Morgan fingerprint density at radius 1 is 0.415 bits per heavy atom. The van der Waals surface area contributed by atoms with Gasteiger partial charge in [-0.25, -0.2) is 0 Å². The molecule has 0 nitrogen and oxygen atoms in total. The highest BCUT2D eigenvalue weighted by Gasteiger charge is 2.68. The van der Waals surface area contributed by atoms with Gasteiger partial charge in [-0.05, 0) is 176 Å².